The van der Waals surface area contributed by atoms with E-state index in [-0.39, 0.29) is 37.0 Å². The summed E-state index contributed by atoms with van der Waals surface area (Å²) in [5, 5.41) is 22.0. The number of phenols is 1. The Balaban J connectivity index is 1.32. The van der Waals surface area contributed by atoms with Crippen molar-refractivity contribution < 1.29 is 33.0 Å². The standard InChI is InChI=1S/C31H35N5O7S/c1-21(2)29(31(39)40)34-44(41,42)36-16-14-35(15-17-36)25-9-6-22(7-10-25)4-5-23-12-13-32-26(18-23)30(38)33-20-24-8-11-28(43-3)27(37)19-24/h6-13,18-19,21,29,34,37H,14-17,20H2,1-3H3,(H,33,38)(H,39,40)/t29-/m1/s1. The van der Waals surface area contributed by atoms with Crippen LogP contribution in [0.5, 0.6) is 11.5 Å². The number of methoxy groups -OCH3 is 1. The van der Waals surface area contributed by atoms with Crippen LogP contribution in [0.4, 0.5) is 5.69 Å². The molecule has 1 aliphatic heterocycles. The van der Waals surface area contributed by atoms with Gasteiger partial charge in [0.1, 0.15) is 11.7 Å². The lowest BCUT2D eigenvalue weighted by atomic mass is 10.1. The lowest BCUT2D eigenvalue weighted by Gasteiger charge is -2.36. The number of carbonyl (C=O) groups excluding carboxylic acids is 1. The Hall–Kier alpha value is -4.64. The van der Waals surface area contributed by atoms with Crippen LogP contribution < -0.4 is 19.7 Å². The van der Waals surface area contributed by atoms with E-state index < -0.39 is 28.1 Å². The van der Waals surface area contributed by atoms with Gasteiger partial charge < -0.3 is 25.2 Å². The molecule has 1 aromatic heterocycles. The highest BCUT2D eigenvalue weighted by atomic mass is 32.2. The van der Waals surface area contributed by atoms with E-state index in [0.717, 1.165) is 11.3 Å². The Morgan fingerprint density at radius 1 is 1.00 bits per heavy atom. The number of rotatable bonds is 10. The van der Waals surface area contributed by atoms with E-state index in [1.54, 1.807) is 38.1 Å². The molecule has 13 heteroatoms. The normalized spacial score (nSPS) is 14.4. The van der Waals surface area contributed by atoms with Crippen LogP contribution >= 0.6 is 0 Å². The molecule has 232 valence electrons. The van der Waals surface area contributed by atoms with Crippen LogP contribution in [0.3, 0.4) is 0 Å². The van der Waals surface area contributed by atoms with Gasteiger partial charge in [0.05, 0.1) is 7.11 Å². The van der Waals surface area contributed by atoms with Crippen molar-refractivity contribution in [2.75, 3.05) is 38.2 Å². The molecule has 0 spiro atoms. The maximum absolute atomic E-state index is 12.7. The van der Waals surface area contributed by atoms with Gasteiger partial charge in [-0.25, -0.2) is 0 Å². The number of nitrogens with one attached hydrogen (secondary N) is 2. The smallest absolute Gasteiger partial charge is 0.322 e. The van der Waals surface area contributed by atoms with Gasteiger partial charge in [-0.1, -0.05) is 31.8 Å². The third-order valence-electron chi connectivity index (χ3n) is 7.06. The Kier molecular flexibility index (Phi) is 10.4. The number of benzene rings is 2. The van der Waals surface area contributed by atoms with Gasteiger partial charge >= 0.3 is 5.97 Å². The van der Waals surface area contributed by atoms with Crippen LogP contribution in [-0.4, -0.2) is 79.1 Å². The number of phenolic OH excluding ortho intramolecular Hbond substituents is 1. The lowest BCUT2D eigenvalue weighted by Crippen LogP contribution is -2.55. The largest absolute Gasteiger partial charge is 0.504 e. The second-order valence-corrected chi connectivity index (χ2v) is 12.2. The van der Waals surface area contributed by atoms with Crippen LogP contribution in [0.25, 0.3) is 0 Å². The van der Waals surface area contributed by atoms with E-state index in [0.29, 0.717) is 30.0 Å². The zero-order chi connectivity index (χ0) is 31.9. The summed E-state index contributed by atoms with van der Waals surface area (Å²) in [5.41, 5.74) is 3.21. The van der Waals surface area contributed by atoms with Gasteiger partial charge in [-0.15, -0.1) is 0 Å². The molecule has 0 saturated carbocycles. The summed E-state index contributed by atoms with van der Waals surface area (Å²) < 4.78 is 34.1. The van der Waals surface area contributed by atoms with E-state index >= 15 is 0 Å². The van der Waals surface area contributed by atoms with Crippen molar-refractivity contribution in [3.8, 4) is 23.3 Å². The first-order valence-electron chi connectivity index (χ1n) is 13.9. The molecule has 3 aromatic rings. The molecular formula is C31H35N5O7S. The predicted molar refractivity (Wildman–Crippen MR) is 165 cm³/mol. The third kappa shape index (κ3) is 8.25. The fraction of sp³-hybridized carbons (Fsp3) is 0.323. The van der Waals surface area contributed by atoms with Gasteiger partial charge in [0.25, 0.3) is 16.1 Å². The number of anilines is 1. The molecule has 1 aliphatic rings. The summed E-state index contributed by atoms with van der Waals surface area (Å²) in [6.07, 6.45) is 1.52. The Morgan fingerprint density at radius 3 is 2.30 bits per heavy atom. The second-order valence-electron chi connectivity index (χ2n) is 10.5. The minimum Gasteiger partial charge on any atom is -0.504 e. The fourth-order valence-corrected chi connectivity index (χ4v) is 6.03. The first kappa shape index (κ1) is 32.3. The number of hydrogen-bond acceptors (Lipinski definition) is 8. The highest BCUT2D eigenvalue weighted by molar-refractivity contribution is 7.87. The van der Waals surface area contributed by atoms with Gasteiger partial charge in [0.15, 0.2) is 11.5 Å². The van der Waals surface area contributed by atoms with Crippen LogP contribution in [0.2, 0.25) is 0 Å². The first-order valence-corrected chi connectivity index (χ1v) is 15.4. The number of aromatic hydroxyl groups is 1. The quantitative estimate of drug-likeness (QED) is 0.249. The number of ether oxygens (including phenoxy) is 1. The average molecular weight is 622 g/mol. The van der Waals surface area contributed by atoms with E-state index in [4.69, 9.17) is 4.74 Å². The number of nitrogens with zero attached hydrogens (tertiary/aromatic N) is 3. The maximum Gasteiger partial charge on any atom is 0.322 e. The first-order chi connectivity index (χ1) is 21.0. The van der Waals surface area contributed by atoms with E-state index in [2.05, 4.69) is 31.8 Å². The highest BCUT2D eigenvalue weighted by Crippen LogP contribution is 2.26. The highest BCUT2D eigenvalue weighted by Gasteiger charge is 2.33. The topological polar surface area (TPSA) is 161 Å². The minimum absolute atomic E-state index is 0.0111. The zero-order valence-electron chi connectivity index (χ0n) is 24.6. The van der Waals surface area contributed by atoms with Crippen molar-refractivity contribution in [2.45, 2.75) is 26.4 Å². The second kappa shape index (κ2) is 14.2. The maximum atomic E-state index is 12.7. The van der Waals surface area contributed by atoms with E-state index in [1.165, 1.54) is 23.7 Å². The fourth-order valence-electron chi connectivity index (χ4n) is 4.54. The van der Waals surface area contributed by atoms with Gasteiger partial charge in [-0.05, 0) is 60.0 Å². The monoisotopic (exact) mass is 621 g/mol. The van der Waals surface area contributed by atoms with Gasteiger partial charge in [0.2, 0.25) is 0 Å². The molecule has 2 heterocycles. The minimum atomic E-state index is -3.93. The van der Waals surface area contributed by atoms with E-state index in [9.17, 15) is 28.2 Å². The van der Waals surface area contributed by atoms with Crippen molar-refractivity contribution in [1.29, 1.82) is 0 Å². The van der Waals surface area contributed by atoms with Gasteiger partial charge in [-0.3, -0.25) is 14.6 Å². The summed E-state index contributed by atoms with van der Waals surface area (Å²) in [6, 6.07) is 14.6. The van der Waals surface area contributed by atoms with Crippen molar-refractivity contribution in [3.63, 3.8) is 0 Å². The number of aliphatic carboxylic acids is 1. The van der Waals surface area contributed by atoms with Crippen molar-refractivity contribution in [3.05, 3.63) is 83.2 Å². The number of pyridine rings is 1. The number of hydrogen-bond donors (Lipinski definition) is 4. The number of carboxylic acid groups (broad SMARTS) is 1. The molecule has 1 saturated heterocycles. The molecule has 2 aromatic carbocycles. The average Bonchev–Trinajstić information content (AvgIpc) is 3.02. The number of piperazine rings is 1. The molecule has 1 fully saturated rings. The number of carboxylic acids is 1. The Morgan fingerprint density at radius 2 is 1.68 bits per heavy atom. The summed E-state index contributed by atoms with van der Waals surface area (Å²) in [4.78, 5) is 30.3. The molecule has 44 heavy (non-hydrogen) atoms. The van der Waals surface area contributed by atoms with Crippen LogP contribution in [0, 0.1) is 17.8 Å². The molecule has 4 rings (SSSR count). The number of aromatic nitrogens is 1. The molecule has 0 unspecified atom stereocenters. The molecule has 0 aliphatic carbocycles. The summed E-state index contributed by atoms with van der Waals surface area (Å²) >= 11 is 0. The van der Waals surface area contributed by atoms with Crippen LogP contribution in [0.1, 0.15) is 41.0 Å². The summed E-state index contributed by atoms with van der Waals surface area (Å²) in [7, 11) is -2.47. The van der Waals surface area contributed by atoms with Gasteiger partial charge in [0, 0.05) is 55.7 Å². The SMILES string of the molecule is COc1ccc(CNC(=O)c2cc(C#Cc3ccc(N4CCN(S(=O)(=O)N[C@@H](C(=O)O)C(C)C)CC4)cc3)ccn2)cc1O. The Labute approximate surface area is 256 Å². The summed E-state index contributed by atoms with van der Waals surface area (Å²) in [6.45, 7) is 4.86. The van der Waals surface area contributed by atoms with Crippen molar-refractivity contribution in [2.24, 2.45) is 5.92 Å². The van der Waals surface area contributed by atoms with Crippen molar-refractivity contribution in [1.82, 2.24) is 19.3 Å². The molecule has 0 radical (unpaired) electrons. The molecule has 0 bridgehead atoms. The van der Waals surface area contributed by atoms with Crippen molar-refractivity contribution >= 4 is 27.8 Å². The third-order valence-corrected chi connectivity index (χ3v) is 8.66. The van der Waals surface area contributed by atoms with Crippen LogP contribution in [0.15, 0.2) is 60.8 Å². The summed E-state index contributed by atoms with van der Waals surface area (Å²) in [5.74, 6) is 4.50. The molecule has 4 N–H and O–H groups in total. The van der Waals surface area contributed by atoms with E-state index in [1.807, 2.05) is 24.3 Å². The number of amides is 1. The molecule has 1 atom stereocenters. The number of carbonyl (C=O) groups is 2. The molecular weight excluding hydrogens is 586 g/mol. The van der Waals surface area contributed by atoms with Crippen LogP contribution in [-0.2, 0) is 21.5 Å². The zero-order valence-corrected chi connectivity index (χ0v) is 25.5. The predicted octanol–water partition coefficient (Wildman–Crippen LogP) is 2.19. The molecule has 1 amide bonds. The Bertz CT molecular complexity index is 1660. The lowest BCUT2D eigenvalue weighted by molar-refractivity contribution is -0.140. The van der Waals surface area contributed by atoms with Gasteiger partial charge in [-0.2, -0.15) is 17.4 Å². The molecule has 12 nitrogen and oxygen atoms in total.